The molecule has 3 rings (SSSR count). The van der Waals surface area contributed by atoms with Crippen LogP contribution in [0, 0.1) is 13.8 Å². The second kappa shape index (κ2) is 7.04. The van der Waals surface area contributed by atoms with Crippen LogP contribution in [-0.4, -0.2) is 49.3 Å². The van der Waals surface area contributed by atoms with E-state index in [2.05, 4.69) is 30.0 Å². The van der Waals surface area contributed by atoms with Crippen LogP contribution in [0.2, 0.25) is 0 Å². The van der Waals surface area contributed by atoms with Crippen LogP contribution >= 0.6 is 0 Å². The Hall–Kier alpha value is -2.71. The van der Waals surface area contributed by atoms with Gasteiger partial charge in [-0.15, -0.1) is 0 Å². The van der Waals surface area contributed by atoms with Gasteiger partial charge in [0.15, 0.2) is 5.82 Å². The summed E-state index contributed by atoms with van der Waals surface area (Å²) >= 11 is 0. The standard InChI is InChI=1S/C16H23N7O2/c1-9-12(5-6-13(24)25)15(20-16(17)18-9)23-7-3-4-11(8-23)14-19-10(2)21-22-14/h11H,3-8H2,1-2H3,(H,24,25)(H2,17,18,20)(H,19,21,22)/t11-/m0/s1. The maximum Gasteiger partial charge on any atom is 0.303 e. The molecule has 0 saturated carbocycles. The van der Waals surface area contributed by atoms with E-state index in [0.29, 0.717) is 6.42 Å². The minimum atomic E-state index is -0.838. The van der Waals surface area contributed by atoms with Gasteiger partial charge < -0.3 is 15.7 Å². The molecule has 1 aliphatic rings. The monoisotopic (exact) mass is 345 g/mol. The molecule has 9 heteroatoms. The van der Waals surface area contributed by atoms with Crippen LogP contribution in [-0.2, 0) is 11.2 Å². The van der Waals surface area contributed by atoms with Crippen molar-refractivity contribution in [3.05, 3.63) is 22.9 Å². The Morgan fingerprint density at radius 3 is 2.84 bits per heavy atom. The van der Waals surface area contributed by atoms with Gasteiger partial charge in [-0.1, -0.05) is 0 Å². The van der Waals surface area contributed by atoms with E-state index in [4.69, 9.17) is 10.8 Å². The normalized spacial score (nSPS) is 17.7. The highest BCUT2D eigenvalue weighted by Crippen LogP contribution is 2.31. The molecule has 2 aromatic rings. The first-order valence-corrected chi connectivity index (χ1v) is 8.42. The summed E-state index contributed by atoms with van der Waals surface area (Å²) < 4.78 is 0. The van der Waals surface area contributed by atoms with Crippen molar-refractivity contribution in [2.24, 2.45) is 0 Å². The topological polar surface area (TPSA) is 134 Å². The van der Waals surface area contributed by atoms with E-state index >= 15 is 0 Å². The number of carboxylic acid groups (broad SMARTS) is 1. The van der Waals surface area contributed by atoms with E-state index in [1.807, 2.05) is 13.8 Å². The Balaban J connectivity index is 1.87. The maximum atomic E-state index is 11.0. The second-order valence-corrected chi connectivity index (χ2v) is 6.43. The predicted molar refractivity (Wildman–Crippen MR) is 92.4 cm³/mol. The van der Waals surface area contributed by atoms with E-state index in [1.54, 1.807) is 0 Å². The number of aromatic nitrogens is 5. The molecule has 4 N–H and O–H groups in total. The number of H-pyrrole nitrogens is 1. The Morgan fingerprint density at radius 2 is 2.16 bits per heavy atom. The van der Waals surface area contributed by atoms with Crippen LogP contribution in [0.4, 0.5) is 11.8 Å². The third-order valence-electron chi connectivity index (χ3n) is 4.50. The Bertz CT molecular complexity index is 774. The number of carbonyl (C=O) groups is 1. The van der Waals surface area contributed by atoms with Gasteiger partial charge >= 0.3 is 5.97 Å². The van der Waals surface area contributed by atoms with Crippen LogP contribution in [0.5, 0.6) is 0 Å². The number of carboxylic acids is 1. The van der Waals surface area contributed by atoms with Gasteiger partial charge in [0, 0.05) is 36.7 Å². The molecule has 9 nitrogen and oxygen atoms in total. The molecular formula is C16H23N7O2. The molecule has 0 radical (unpaired) electrons. The first-order chi connectivity index (χ1) is 11.9. The van der Waals surface area contributed by atoms with E-state index in [1.165, 1.54) is 0 Å². The Labute approximate surface area is 145 Å². The minimum absolute atomic E-state index is 0.0402. The number of piperidine rings is 1. The lowest BCUT2D eigenvalue weighted by molar-refractivity contribution is -0.136. The summed E-state index contributed by atoms with van der Waals surface area (Å²) in [6, 6.07) is 0. The molecule has 0 amide bonds. The van der Waals surface area contributed by atoms with E-state index in [-0.39, 0.29) is 18.3 Å². The molecule has 2 aromatic heterocycles. The summed E-state index contributed by atoms with van der Waals surface area (Å²) in [5, 5.41) is 16.2. The zero-order chi connectivity index (χ0) is 18.0. The molecule has 1 aliphatic heterocycles. The number of aryl methyl sites for hydroxylation is 2. The van der Waals surface area contributed by atoms with Crippen molar-refractivity contribution in [2.45, 2.75) is 45.4 Å². The van der Waals surface area contributed by atoms with Crippen molar-refractivity contribution in [3.63, 3.8) is 0 Å². The first kappa shape index (κ1) is 17.1. The van der Waals surface area contributed by atoms with Gasteiger partial charge in [-0.3, -0.25) is 9.89 Å². The highest BCUT2D eigenvalue weighted by Gasteiger charge is 2.27. The quantitative estimate of drug-likeness (QED) is 0.736. The molecule has 134 valence electrons. The van der Waals surface area contributed by atoms with Crippen LogP contribution in [0.15, 0.2) is 0 Å². The van der Waals surface area contributed by atoms with Crippen molar-refractivity contribution >= 4 is 17.7 Å². The zero-order valence-corrected chi connectivity index (χ0v) is 14.5. The number of hydrogen-bond donors (Lipinski definition) is 3. The fourth-order valence-corrected chi connectivity index (χ4v) is 3.31. The number of aliphatic carboxylic acids is 1. The molecular weight excluding hydrogens is 322 g/mol. The van der Waals surface area contributed by atoms with Crippen LogP contribution in [0.3, 0.4) is 0 Å². The predicted octanol–water partition coefficient (Wildman–Crippen LogP) is 1.19. The summed E-state index contributed by atoms with van der Waals surface area (Å²) in [7, 11) is 0. The number of rotatable bonds is 5. The van der Waals surface area contributed by atoms with E-state index in [0.717, 1.165) is 54.7 Å². The van der Waals surface area contributed by atoms with Crippen molar-refractivity contribution in [3.8, 4) is 0 Å². The Kier molecular flexibility index (Phi) is 4.82. The summed E-state index contributed by atoms with van der Waals surface area (Å²) in [5.41, 5.74) is 7.43. The average molecular weight is 345 g/mol. The lowest BCUT2D eigenvalue weighted by Crippen LogP contribution is -2.36. The van der Waals surface area contributed by atoms with Crippen molar-refractivity contribution < 1.29 is 9.90 Å². The molecule has 0 aromatic carbocycles. The van der Waals surface area contributed by atoms with Gasteiger partial charge in [0.25, 0.3) is 0 Å². The third kappa shape index (κ3) is 3.86. The van der Waals surface area contributed by atoms with Crippen molar-refractivity contribution in [1.82, 2.24) is 25.1 Å². The number of nitrogen functional groups attached to an aromatic ring is 1. The van der Waals surface area contributed by atoms with Crippen molar-refractivity contribution in [2.75, 3.05) is 23.7 Å². The summed E-state index contributed by atoms with van der Waals surface area (Å²) in [6.07, 6.45) is 2.42. The molecule has 0 unspecified atom stereocenters. The summed E-state index contributed by atoms with van der Waals surface area (Å²) in [6.45, 7) is 5.30. The number of hydrogen-bond acceptors (Lipinski definition) is 7. The van der Waals surface area contributed by atoms with Gasteiger partial charge in [-0.2, -0.15) is 10.1 Å². The van der Waals surface area contributed by atoms with Crippen LogP contribution < -0.4 is 10.6 Å². The fraction of sp³-hybridized carbons (Fsp3) is 0.562. The van der Waals surface area contributed by atoms with Gasteiger partial charge in [-0.25, -0.2) is 9.97 Å². The molecule has 0 bridgehead atoms. The van der Waals surface area contributed by atoms with Gasteiger partial charge in [0.1, 0.15) is 11.6 Å². The van der Waals surface area contributed by atoms with E-state index < -0.39 is 5.97 Å². The number of aromatic amines is 1. The highest BCUT2D eigenvalue weighted by atomic mass is 16.4. The summed E-state index contributed by atoms with van der Waals surface area (Å²) in [4.78, 5) is 26.2. The lowest BCUT2D eigenvalue weighted by Gasteiger charge is -2.33. The highest BCUT2D eigenvalue weighted by molar-refractivity contribution is 5.68. The number of nitrogens with two attached hydrogens (primary N) is 1. The van der Waals surface area contributed by atoms with Crippen LogP contribution in [0.1, 0.15) is 48.1 Å². The molecule has 0 spiro atoms. The summed E-state index contributed by atoms with van der Waals surface area (Å²) in [5.74, 6) is 1.94. The minimum Gasteiger partial charge on any atom is -0.481 e. The number of nitrogens with one attached hydrogen (secondary N) is 1. The molecule has 1 fully saturated rings. The van der Waals surface area contributed by atoms with Gasteiger partial charge in [0.2, 0.25) is 5.95 Å². The fourth-order valence-electron chi connectivity index (χ4n) is 3.31. The lowest BCUT2D eigenvalue weighted by atomic mass is 9.96. The molecule has 0 aliphatic carbocycles. The van der Waals surface area contributed by atoms with E-state index in [9.17, 15) is 4.79 Å². The number of anilines is 2. The SMILES string of the molecule is Cc1nc([C@H]2CCCN(c3nc(N)nc(C)c3CCC(=O)O)C2)n[nH]1. The van der Waals surface area contributed by atoms with Gasteiger partial charge in [-0.05, 0) is 33.1 Å². The smallest absolute Gasteiger partial charge is 0.303 e. The zero-order valence-electron chi connectivity index (χ0n) is 14.5. The molecule has 25 heavy (non-hydrogen) atoms. The molecule has 1 atom stereocenters. The van der Waals surface area contributed by atoms with Crippen molar-refractivity contribution in [1.29, 1.82) is 0 Å². The first-order valence-electron chi connectivity index (χ1n) is 8.42. The third-order valence-corrected chi connectivity index (χ3v) is 4.50. The molecule has 3 heterocycles. The second-order valence-electron chi connectivity index (χ2n) is 6.43. The number of nitrogens with zero attached hydrogens (tertiary/aromatic N) is 5. The Morgan fingerprint density at radius 1 is 1.36 bits per heavy atom. The average Bonchev–Trinajstić information content (AvgIpc) is 3.00. The van der Waals surface area contributed by atoms with Crippen LogP contribution in [0.25, 0.3) is 0 Å². The van der Waals surface area contributed by atoms with Gasteiger partial charge in [0.05, 0.1) is 0 Å². The maximum absolute atomic E-state index is 11.0. The largest absolute Gasteiger partial charge is 0.481 e. The molecule has 1 saturated heterocycles.